The van der Waals surface area contributed by atoms with Gasteiger partial charge in [0.05, 0.1) is 12.7 Å². The van der Waals surface area contributed by atoms with Gasteiger partial charge in [0.1, 0.15) is 0 Å². The highest BCUT2D eigenvalue weighted by Gasteiger charge is 2.05. The van der Waals surface area contributed by atoms with Crippen LogP contribution in [0.5, 0.6) is 0 Å². The minimum atomic E-state index is -0.403. The van der Waals surface area contributed by atoms with E-state index in [1.165, 1.54) is 10.9 Å². The lowest BCUT2D eigenvalue weighted by atomic mass is 10.1. The molecule has 3 N–H and O–H groups in total. The van der Waals surface area contributed by atoms with Gasteiger partial charge in [-0.2, -0.15) is 0 Å². The molecule has 0 radical (unpaired) electrons. The number of rotatable bonds is 7. The summed E-state index contributed by atoms with van der Waals surface area (Å²) in [7, 11) is 1.59. The number of nitrogens with one attached hydrogen (secondary N) is 2. The average Bonchev–Trinajstić information content (AvgIpc) is 2.77. The monoisotopic (exact) mass is 282 g/mol. The van der Waals surface area contributed by atoms with Gasteiger partial charge in [0.25, 0.3) is 0 Å². The maximum absolute atomic E-state index is 9.52. The predicted octanol–water partition coefficient (Wildman–Crippen LogP) is 2.31. The van der Waals surface area contributed by atoms with Gasteiger partial charge in [-0.05, 0) is 30.7 Å². The molecule has 0 fully saturated rings. The first-order valence-corrected chi connectivity index (χ1v) is 6.71. The molecular formula is C14H19ClN2O2. The van der Waals surface area contributed by atoms with Gasteiger partial charge in [-0.1, -0.05) is 17.7 Å². The number of H-pyrrole nitrogens is 1. The molecule has 19 heavy (non-hydrogen) atoms. The fourth-order valence-corrected chi connectivity index (χ4v) is 2.24. The molecule has 1 aromatic carbocycles. The van der Waals surface area contributed by atoms with E-state index in [1.807, 2.05) is 24.4 Å². The zero-order valence-corrected chi connectivity index (χ0v) is 11.7. The second kappa shape index (κ2) is 6.91. The van der Waals surface area contributed by atoms with Crippen molar-refractivity contribution >= 4 is 22.5 Å². The highest BCUT2D eigenvalue weighted by Crippen LogP contribution is 2.21. The minimum Gasteiger partial charge on any atom is -0.391 e. The summed E-state index contributed by atoms with van der Waals surface area (Å²) >= 11 is 5.94. The lowest BCUT2D eigenvalue weighted by Crippen LogP contribution is -2.22. The predicted molar refractivity (Wildman–Crippen MR) is 77.5 cm³/mol. The number of hydrogen-bond donors (Lipinski definition) is 3. The number of halogens is 1. The van der Waals surface area contributed by atoms with Crippen LogP contribution in [0, 0.1) is 0 Å². The molecule has 1 aromatic heterocycles. The second-order valence-electron chi connectivity index (χ2n) is 4.58. The molecule has 1 atom stereocenters. The number of benzene rings is 1. The van der Waals surface area contributed by atoms with Crippen LogP contribution >= 0.6 is 11.6 Å². The highest BCUT2D eigenvalue weighted by atomic mass is 35.5. The van der Waals surface area contributed by atoms with E-state index in [0.717, 1.165) is 23.6 Å². The number of fused-ring (bicyclic) bond motifs is 1. The fraction of sp³-hybridized carbons (Fsp3) is 0.429. The van der Waals surface area contributed by atoms with E-state index in [9.17, 15) is 5.11 Å². The Kier molecular flexibility index (Phi) is 5.22. The Morgan fingerprint density at radius 3 is 3.11 bits per heavy atom. The van der Waals surface area contributed by atoms with Gasteiger partial charge in [-0.25, -0.2) is 0 Å². The third kappa shape index (κ3) is 3.94. The number of aromatic amines is 1. The first-order chi connectivity index (χ1) is 9.20. The van der Waals surface area contributed by atoms with Crippen molar-refractivity contribution in [2.75, 3.05) is 20.3 Å². The van der Waals surface area contributed by atoms with Crippen molar-refractivity contribution in [2.45, 2.75) is 19.1 Å². The first kappa shape index (κ1) is 14.3. The van der Waals surface area contributed by atoms with Crippen molar-refractivity contribution in [2.24, 2.45) is 0 Å². The molecule has 0 spiro atoms. The molecule has 0 aliphatic heterocycles. The lowest BCUT2D eigenvalue weighted by molar-refractivity contribution is 0.0594. The van der Waals surface area contributed by atoms with E-state index < -0.39 is 6.10 Å². The summed E-state index contributed by atoms with van der Waals surface area (Å²) in [4.78, 5) is 3.21. The van der Waals surface area contributed by atoms with E-state index >= 15 is 0 Å². The maximum Gasteiger partial charge on any atom is 0.0785 e. The molecule has 2 aromatic rings. The van der Waals surface area contributed by atoms with Gasteiger partial charge in [0, 0.05) is 35.8 Å². The number of hydrogen-bond acceptors (Lipinski definition) is 3. The third-order valence-electron chi connectivity index (χ3n) is 3.06. The average molecular weight is 283 g/mol. The SMILES string of the molecule is COCC(O)CCNCc1c[nH]c2cc(Cl)ccc12. The largest absolute Gasteiger partial charge is 0.391 e. The number of aliphatic hydroxyl groups excluding tert-OH is 1. The Morgan fingerprint density at radius 1 is 1.47 bits per heavy atom. The molecule has 0 aliphatic carbocycles. The van der Waals surface area contributed by atoms with Crippen LogP contribution in [0.1, 0.15) is 12.0 Å². The van der Waals surface area contributed by atoms with Crippen LogP contribution in [0.15, 0.2) is 24.4 Å². The van der Waals surface area contributed by atoms with E-state index in [4.69, 9.17) is 16.3 Å². The molecule has 0 amide bonds. The molecule has 5 heteroatoms. The molecule has 0 saturated heterocycles. The second-order valence-corrected chi connectivity index (χ2v) is 5.01. The van der Waals surface area contributed by atoms with Crippen molar-refractivity contribution in [3.8, 4) is 0 Å². The summed E-state index contributed by atoms with van der Waals surface area (Å²) in [5, 5.41) is 14.7. The smallest absolute Gasteiger partial charge is 0.0785 e. The molecule has 0 bridgehead atoms. The number of aliphatic hydroxyl groups is 1. The molecule has 4 nitrogen and oxygen atoms in total. The van der Waals surface area contributed by atoms with Gasteiger partial charge in [0.2, 0.25) is 0 Å². The first-order valence-electron chi connectivity index (χ1n) is 6.34. The van der Waals surface area contributed by atoms with E-state index in [-0.39, 0.29) is 0 Å². The van der Waals surface area contributed by atoms with Gasteiger partial charge >= 0.3 is 0 Å². The molecule has 1 heterocycles. The van der Waals surface area contributed by atoms with Gasteiger partial charge < -0.3 is 20.1 Å². The lowest BCUT2D eigenvalue weighted by Gasteiger charge is -2.09. The quantitative estimate of drug-likeness (QED) is 0.683. The number of methoxy groups -OCH3 is 1. The van der Waals surface area contributed by atoms with Gasteiger partial charge in [0.15, 0.2) is 0 Å². The molecular weight excluding hydrogens is 264 g/mol. The van der Waals surface area contributed by atoms with Crippen LogP contribution in [0.2, 0.25) is 5.02 Å². The summed E-state index contributed by atoms with van der Waals surface area (Å²) in [5.41, 5.74) is 2.25. The van der Waals surface area contributed by atoms with Crippen molar-refractivity contribution in [1.82, 2.24) is 10.3 Å². The van der Waals surface area contributed by atoms with Crippen LogP contribution in [-0.4, -0.2) is 36.5 Å². The molecule has 0 aliphatic rings. The number of aromatic nitrogens is 1. The zero-order chi connectivity index (χ0) is 13.7. The van der Waals surface area contributed by atoms with Crippen LogP contribution in [0.3, 0.4) is 0 Å². The van der Waals surface area contributed by atoms with Crippen molar-refractivity contribution in [1.29, 1.82) is 0 Å². The molecule has 2 rings (SSSR count). The Balaban J connectivity index is 1.85. The summed E-state index contributed by atoms with van der Waals surface area (Å²) in [6.45, 7) is 1.90. The van der Waals surface area contributed by atoms with Crippen LogP contribution in [0.4, 0.5) is 0 Å². The van der Waals surface area contributed by atoms with Crippen molar-refractivity contribution in [3.05, 3.63) is 35.0 Å². The van der Waals surface area contributed by atoms with Crippen LogP contribution < -0.4 is 5.32 Å². The van der Waals surface area contributed by atoms with Crippen LogP contribution in [-0.2, 0) is 11.3 Å². The molecule has 0 saturated carbocycles. The fourth-order valence-electron chi connectivity index (χ4n) is 2.07. The van der Waals surface area contributed by atoms with Gasteiger partial charge in [-0.3, -0.25) is 0 Å². The molecule has 1 unspecified atom stereocenters. The topological polar surface area (TPSA) is 57.3 Å². The number of ether oxygens (including phenoxy) is 1. The Hall–Kier alpha value is -1.07. The summed E-state index contributed by atoms with van der Waals surface area (Å²) < 4.78 is 4.88. The standard InChI is InChI=1S/C14H19ClN2O2/c1-19-9-12(18)4-5-16-7-10-8-17-14-6-11(15)2-3-13(10)14/h2-3,6,8,12,16-18H,4-5,7,9H2,1H3. The van der Waals surface area contributed by atoms with Crippen LogP contribution in [0.25, 0.3) is 10.9 Å². The van der Waals surface area contributed by atoms with Crippen molar-refractivity contribution < 1.29 is 9.84 Å². The Labute approximate surface area is 117 Å². The summed E-state index contributed by atoms with van der Waals surface area (Å²) in [6, 6.07) is 5.83. The summed E-state index contributed by atoms with van der Waals surface area (Å²) in [5.74, 6) is 0. The van der Waals surface area contributed by atoms with Gasteiger partial charge in [-0.15, -0.1) is 0 Å². The van der Waals surface area contributed by atoms with E-state index in [2.05, 4.69) is 10.3 Å². The summed E-state index contributed by atoms with van der Waals surface area (Å²) in [6.07, 6.45) is 2.26. The Bertz CT molecular complexity index is 527. The maximum atomic E-state index is 9.52. The normalized spacial score (nSPS) is 13.0. The van der Waals surface area contributed by atoms with Crippen molar-refractivity contribution in [3.63, 3.8) is 0 Å². The van der Waals surface area contributed by atoms with E-state index in [0.29, 0.717) is 13.0 Å². The van der Waals surface area contributed by atoms with E-state index in [1.54, 1.807) is 7.11 Å². The third-order valence-corrected chi connectivity index (χ3v) is 3.29. The molecule has 104 valence electrons. The Morgan fingerprint density at radius 2 is 2.32 bits per heavy atom. The highest BCUT2D eigenvalue weighted by molar-refractivity contribution is 6.31. The minimum absolute atomic E-state index is 0.382. The zero-order valence-electron chi connectivity index (χ0n) is 10.9.